The Bertz CT molecular complexity index is 946. The predicted octanol–water partition coefficient (Wildman–Crippen LogP) is 1.93. The minimum atomic E-state index is -0.409. The van der Waals surface area contributed by atoms with Crippen molar-refractivity contribution >= 4 is 11.8 Å². The van der Waals surface area contributed by atoms with Gasteiger partial charge in [-0.15, -0.1) is 0 Å². The third-order valence-electron chi connectivity index (χ3n) is 3.99. The lowest BCUT2D eigenvalue weighted by atomic mass is 10.2. The molecule has 28 heavy (non-hydrogen) atoms. The SMILES string of the molecule is COCCNC(=O)CNC(=O)c1cn(-c2ccccc2)nc1-c1ccc(C)o1. The lowest BCUT2D eigenvalue weighted by molar-refractivity contribution is -0.120. The summed E-state index contributed by atoms with van der Waals surface area (Å²) in [6.07, 6.45) is 1.63. The molecule has 0 fully saturated rings. The molecule has 0 atom stereocenters. The molecule has 0 radical (unpaired) electrons. The lowest BCUT2D eigenvalue weighted by Crippen LogP contribution is -2.38. The number of benzene rings is 1. The first kappa shape index (κ1) is 19.4. The fourth-order valence-corrected chi connectivity index (χ4v) is 2.61. The molecule has 0 bridgehead atoms. The van der Waals surface area contributed by atoms with Gasteiger partial charge in [0.15, 0.2) is 5.76 Å². The van der Waals surface area contributed by atoms with E-state index in [0.29, 0.717) is 35.9 Å². The zero-order chi connectivity index (χ0) is 19.9. The van der Waals surface area contributed by atoms with Gasteiger partial charge in [-0.05, 0) is 31.2 Å². The number of furan rings is 1. The van der Waals surface area contributed by atoms with Crippen LogP contribution in [0.1, 0.15) is 16.1 Å². The van der Waals surface area contributed by atoms with Crippen molar-refractivity contribution in [2.75, 3.05) is 26.8 Å². The molecular formula is C20H22N4O4. The largest absolute Gasteiger partial charge is 0.460 e. The van der Waals surface area contributed by atoms with Crippen LogP contribution in [0.4, 0.5) is 0 Å². The van der Waals surface area contributed by atoms with Crippen molar-refractivity contribution in [3.05, 3.63) is 60.0 Å². The molecule has 0 aliphatic rings. The van der Waals surface area contributed by atoms with Crippen molar-refractivity contribution in [2.24, 2.45) is 0 Å². The maximum Gasteiger partial charge on any atom is 0.255 e. The molecule has 0 saturated carbocycles. The number of amides is 2. The van der Waals surface area contributed by atoms with E-state index in [0.717, 1.165) is 5.69 Å². The van der Waals surface area contributed by atoms with Gasteiger partial charge < -0.3 is 19.8 Å². The van der Waals surface area contributed by atoms with Gasteiger partial charge in [-0.2, -0.15) is 5.10 Å². The van der Waals surface area contributed by atoms with E-state index in [2.05, 4.69) is 15.7 Å². The average Bonchev–Trinajstić information content (AvgIpc) is 3.33. The quantitative estimate of drug-likeness (QED) is 0.580. The third kappa shape index (κ3) is 4.66. The number of hydrogen-bond acceptors (Lipinski definition) is 5. The van der Waals surface area contributed by atoms with Gasteiger partial charge in [0, 0.05) is 19.9 Å². The second-order valence-corrected chi connectivity index (χ2v) is 6.11. The molecule has 0 aliphatic carbocycles. The fraction of sp³-hybridized carbons (Fsp3) is 0.250. The number of rotatable bonds is 8. The molecular weight excluding hydrogens is 360 g/mol. The number of para-hydroxylation sites is 1. The normalized spacial score (nSPS) is 10.6. The van der Waals surface area contributed by atoms with E-state index < -0.39 is 5.91 Å². The van der Waals surface area contributed by atoms with Gasteiger partial charge in [0.25, 0.3) is 5.91 Å². The van der Waals surface area contributed by atoms with Crippen LogP contribution in [-0.2, 0) is 9.53 Å². The summed E-state index contributed by atoms with van der Waals surface area (Å²) < 4.78 is 12.1. The number of hydrogen-bond donors (Lipinski definition) is 2. The minimum absolute atomic E-state index is 0.143. The molecule has 8 heteroatoms. The van der Waals surface area contributed by atoms with Crippen LogP contribution in [0.3, 0.4) is 0 Å². The number of nitrogens with one attached hydrogen (secondary N) is 2. The highest BCUT2D eigenvalue weighted by Gasteiger charge is 2.21. The molecule has 0 spiro atoms. The highest BCUT2D eigenvalue weighted by Crippen LogP contribution is 2.25. The van der Waals surface area contributed by atoms with Crippen LogP contribution in [0.25, 0.3) is 17.1 Å². The van der Waals surface area contributed by atoms with E-state index in [1.807, 2.05) is 43.3 Å². The fourth-order valence-electron chi connectivity index (χ4n) is 2.61. The topological polar surface area (TPSA) is 98.4 Å². The van der Waals surface area contributed by atoms with Crippen LogP contribution < -0.4 is 10.6 Å². The van der Waals surface area contributed by atoms with Crippen molar-refractivity contribution in [2.45, 2.75) is 6.92 Å². The van der Waals surface area contributed by atoms with Crippen molar-refractivity contribution in [1.82, 2.24) is 20.4 Å². The maximum atomic E-state index is 12.7. The van der Waals surface area contributed by atoms with Crippen LogP contribution >= 0.6 is 0 Å². The monoisotopic (exact) mass is 382 g/mol. The predicted molar refractivity (Wildman–Crippen MR) is 103 cm³/mol. The summed E-state index contributed by atoms with van der Waals surface area (Å²) in [5, 5.41) is 9.79. The molecule has 0 unspecified atom stereocenters. The molecule has 2 N–H and O–H groups in total. The second kappa shape index (κ2) is 9.01. The first-order valence-electron chi connectivity index (χ1n) is 8.84. The molecule has 8 nitrogen and oxygen atoms in total. The van der Waals surface area contributed by atoms with Gasteiger partial charge in [0.2, 0.25) is 5.91 Å². The van der Waals surface area contributed by atoms with Gasteiger partial charge in [-0.1, -0.05) is 18.2 Å². The smallest absolute Gasteiger partial charge is 0.255 e. The number of ether oxygens (including phenoxy) is 1. The first-order chi connectivity index (χ1) is 13.6. The molecule has 0 aliphatic heterocycles. The Hall–Kier alpha value is -3.39. The van der Waals surface area contributed by atoms with Crippen molar-refractivity contribution < 1.29 is 18.7 Å². The summed E-state index contributed by atoms with van der Waals surface area (Å²) in [6.45, 7) is 2.47. The number of nitrogens with zero attached hydrogens (tertiary/aromatic N) is 2. The molecule has 3 aromatic rings. The van der Waals surface area contributed by atoms with Gasteiger partial charge >= 0.3 is 0 Å². The number of aryl methyl sites for hydroxylation is 1. The molecule has 146 valence electrons. The molecule has 2 amide bonds. The Balaban J connectivity index is 1.81. The Morgan fingerprint density at radius 2 is 1.93 bits per heavy atom. The first-order valence-corrected chi connectivity index (χ1v) is 8.84. The van der Waals surface area contributed by atoms with Gasteiger partial charge in [0.05, 0.1) is 24.4 Å². The minimum Gasteiger partial charge on any atom is -0.460 e. The Kier molecular flexibility index (Phi) is 6.23. The van der Waals surface area contributed by atoms with E-state index in [9.17, 15) is 9.59 Å². The van der Waals surface area contributed by atoms with Crippen LogP contribution in [0.15, 0.2) is 53.1 Å². The van der Waals surface area contributed by atoms with E-state index in [1.165, 1.54) is 0 Å². The van der Waals surface area contributed by atoms with E-state index in [-0.39, 0.29) is 12.5 Å². The second-order valence-electron chi connectivity index (χ2n) is 6.11. The Morgan fingerprint density at radius 3 is 2.61 bits per heavy atom. The van der Waals surface area contributed by atoms with Gasteiger partial charge in [-0.3, -0.25) is 9.59 Å². The molecule has 2 aromatic heterocycles. The van der Waals surface area contributed by atoms with Gasteiger partial charge in [-0.25, -0.2) is 4.68 Å². The summed E-state index contributed by atoms with van der Waals surface area (Å²) in [4.78, 5) is 24.5. The number of methoxy groups -OCH3 is 1. The zero-order valence-electron chi connectivity index (χ0n) is 15.8. The highest BCUT2D eigenvalue weighted by molar-refractivity contribution is 6.00. The maximum absolute atomic E-state index is 12.7. The Morgan fingerprint density at radius 1 is 1.14 bits per heavy atom. The van der Waals surface area contributed by atoms with Gasteiger partial charge in [0.1, 0.15) is 11.5 Å². The molecule has 0 saturated heterocycles. The molecule has 3 rings (SSSR count). The van der Waals surface area contributed by atoms with Crippen LogP contribution in [0, 0.1) is 6.92 Å². The zero-order valence-corrected chi connectivity index (χ0v) is 15.8. The number of carbonyl (C=O) groups is 2. The van der Waals surface area contributed by atoms with E-state index >= 15 is 0 Å². The molecule has 1 aromatic carbocycles. The Labute approximate surface area is 162 Å². The summed E-state index contributed by atoms with van der Waals surface area (Å²) in [7, 11) is 1.55. The van der Waals surface area contributed by atoms with Crippen LogP contribution in [-0.4, -0.2) is 48.4 Å². The van der Waals surface area contributed by atoms with Crippen LogP contribution in [0.5, 0.6) is 0 Å². The number of carbonyl (C=O) groups excluding carboxylic acids is 2. The molecule has 2 heterocycles. The summed E-state index contributed by atoms with van der Waals surface area (Å²) >= 11 is 0. The van der Waals surface area contributed by atoms with Crippen molar-refractivity contribution in [3.8, 4) is 17.1 Å². The van der Waals surface area contributed by atoms with Crippen molar-refractivity contribution in [3.63, 3.8) is 0 Å². The van der Waals surface area contributed by atoms with E-state index in [1.54, 1.807) is 24.1 Å². The summed E-state index contributed by atoms with van der Waals surface area (Å²) in [5.41, 5.74) is 1.54. The highest BCUT2D eigenvalue weighted by atomic mass is 16.5. The summed E-state index contributed by atoms with van der Waals surface area (Å²) in [5.74, 6) is 0.499. The van der Waals surface area contributed by atoms with Crippen LogP contribution in [0.2, 0.25) is 0 Å². The number of aromatic nitrogens is 2. The van der Waals surface area contributed by atoms with E-state index in [4.69, 9.17) is 9.15 Å². The summed E-state index contributed by atoms with van der Waals surface area (Å²) in [6, 6.07) is 13.0. The van der Waals surface area contributed by atoms with Crippen molar-refractivity contribution in [1.29, 1.82) is 0 Å². The lowest BCUT2D eigenvalue weighted by Gasteiger charge is -2.06. The average molecular weight is 382 g/mol. The third-order valence-corrected chi connectivity index (χ3v) is 3.99. The standard InChI is InChI=1S/C20H22N4O4/c1-14-8-9-17(28-14)19-16(13-24(23-19)15-6-4-3-5-7-15)20(26)22-12-18(25)21-10-11-27-2/h3-9,13H,10-12H2,1-2H3,(H,21,25)(H,22,26).